The van der Waals surface area contributed by atoms with Gasteiger partial charge in [0.1, 0.15) is 6.61 Å². The lowest BCUT2D eigenvalue weighted by atomic mass is 10.0. The van der Waals surface area contributed by atoms with Gasteiger partial charge in [0.05, 0.1) is 45.9 Å². The Kier molecular flexibility index (Phi) is 28.8. The van der Waals surface area contributed by atoms with Crippen LogP contribution >= 0.6 is 11.8 Å². The van der Waals surface area contributed by atoms with Gasteiger partial charge < -0.3 is 18.9 Å². The molecule has 0 aromatic rings. The van der Waals surface area contributed by atoms with Crippen molar-refractivity contribution in [2.45, 2.75) is 116 Å². The molecule has 0 saturated heterocycles. The second kappa shape index (κ2) is 29.1. The predicted molar refractivity (Wildman–Crippen MR) is 161 cm³/mol. The predicted octanol–water partition coefficient (Wildman–Crippen LogP) is 6.55. The number of unbranched alkanes of at least 4 members (excludes halogenated alkanes) is 15. The Hall–Kier alpha value is -0.390. The van der Waals surface area contributed by atoms with Crippen LogP contribution in [0.3, 0.4) is 0 Å². The molecule has 0 N–H and O–H groups in total. The summed E-state index contributed by atoms with van der Waals surface area (Å²) in [4.78, 5) is 11.4. The minimum atomic E-state index is -3.43. The summed E-state index contributed by atoms with van der Waals surface area (Å²) in [6.07, 6.45) is 22.3. The van der Waals surface area contributed by atoms with Crippen molar-refractivity contribution in [1.82, 2.24) is 0 Å². The fraction of sp³-hybridized carbons (Fsp3) is 0.966. The highest BCUT2D eigenvalue weighted by Gasteiger charge is 2.13. The van der Waals surface area contributed by atoms with E-state index in [-0.39, 0.29) is 25.9 Å². The molecule has 10 heteroatoms. The van der Waals surface area contributed by atoms with E-state index in [1.54, 1.807) is 11.8 Å². The van der Waals surface area contributed by atoms with E-state index >= 15 is 0 Å². The summed E-state index contributed by atoms with van der Waals surface area (Å²) in [6, 6.07) is 0. The first kappa shape index (κ1) is 38.6. The summed E-state index contributed by atoms with van der Waals surface area (Å²) in [5.41, 5.74) is 0. The minimum absolute atomic E-state index is 0.0154. The maximum atomic E-state index is 11.4. The molecule has 0 aromatic heterocycles. The van der Waals surface area contributed by atoms with Crippen LogP contribution in [-0.2, 0) is 38.0 Å². The second-order valence-electron chi connectivity index (χ2n) is 10.1. The molecular formula is C29H58O8S2. The number of rotatable bonds is 31. The molecule has 0 aliphatic carbocycles. The Morgan fingerprint density at radius 1 is 0.718 bits per heavy atom. The maximum absolute atomic E-state index is 11.4. The van der Waals surface area contributed by atoms with E-state index in [1.807, 2.05) is 0 Å². The van der Waals surface area contributed by atoms with E-state index < -0.39 is 16.1 Å². The average molecular weight is 599 g/mol. The summed E-state index contributed by atoms with van der Waals surface area (Å²) >= 11 is 1.63. The van der Waals surface area contributed by atoms with Crippen LogP contribution in [0.2, 0.25) is 0 Å². The van der Waals surface area contributed by atoms with Gasteiger partial charge in [-0.2, -0.15) is 20.2 Å². The van der Waals surface area contributed by atoms with E-state index in [0.717, 1.165) is 18.4 Å². The van der Waals surface area contributed by atoms with Gasteiger partial charge in [-0.05, 0) is 6.42 Å². The zero-order valence-electron chi connectivity index (χ0n) is 25.1. The smallest absolute Gasteiger partial charge is 0.331 e. The third kappa shape index (κ3) is 32.0. The number of hydrogen-bond donors (Lipinski definition) is 0. The lowest BCUT2D eigenvalue weighted by Crippen LogP contribution is -2.27. The van der Waals surface area contributed by atoms with Crippen molar-refractivity contribution in [1.29, 1.82) is 0 Å². The molecule has 0 heterocycles. The number of thioether (sulfide) groups is 1. The van der Waals surface area contributed by atoms with Gasteiger partial charge in [-0.25, -0.2) is 4.79 Å². The van der Waals surface area contributed by atoms with Crippen LogP contribution < -0.4 is 0 Å². The monoisotopic (exact) mass is 598 g/mol. The van der Waals surface area contributed by atoms with Crippen molar-refractivity contribution in [3.05, 3.63) is 0 Å². The third-order valence-corrected chi connectivity index (χ3v) is 7.97. The van der Waals surface area contributed by atoms with Crippen molar-refractivity contribution in [3.8, 4) is 0 Å². The molecule has 234 valence electrons. The molecule has 0 saturated carbocycles. The van der Waals surface area contributed by atoms with Crippen LogP contribution in [0.15, 0.2) is 0 Å². The summed E-state index contributed by atoms with van der Waals surface area (Å²) in [7, 11) is -2.09. The molecule has 0 aromatic carbocycles. The van der Waals surface area contributed by atoms with Crippen LogP contribution in [-0.4, -0.2) is 85.0 Å². The van der Waals surface area contributed by atoms with Gasteiger partial charge in [0.25, 0.3) is 10.1 Å². The fourth-order valence-corrected chi connectivity index (χ4v) is 5.26. The summed E-state index contributed by atoms with van der Waals surface area (Å²) in [5.74, 6) is 0.979. The summed E-state index contributed by atoms with van der Waals surface area (Å²) < 4.78 is 47.9. The van der Waals surface area contributed by atoms with Gasteiger partial charge in [0.2, 0.25) is 0 Å². The normalized spacial score (nSPS) is 12.6. The number of carbonyl (C=O) groups is 1. The molecule has 8 nitrogen and oxygen atoms in total. The van der Waals surface area contributed by atoms with Gasteiger partial charge in [0, 0.05) is 18.1 Å². The third-order valence-electron chi connectivity index (χ3n) is 6.31. The summed E-state index contributed by atoms with van der Waals surface area (Å²) in [6.45, 7) is 4.02. The Morgan fingerprint density at radius 3 is 1.77 bits per heavy atom. The number of hydrogen-bond acceptors (Lipinski definition) is 9. The second-order valence-corrected chi connectivity index (χ2v) is 12.9. The Morgan fingerprint density at radius 2 is 1.26 bits per heavy atom. The maximum Gasteiger partial charge on any atom is 0.331 e. The molecule has 0 bridgehead atoms. The largest absolute Gasteiger partial charge is 0.467 e. The van der Waals surface area contributed by atoms with Crippen LogP contribution in [0, 0.1) is 0 Å². The molecule has 0 aliphatic heterocycles. The molecule has 39 heavy (non-hydrogen) atoms. The topological polar surface area (TPSA) is 97.4 Å². The van der Waals surface area contributed by atoms with Gasteiger partial charge in [-0.15, -0.1) is 0 Å². The van der Waals surface area contributed by atoms with E-state index in [9.17, 15) is 13.2 Å². The van der Waals surface area contributed by atoms with Crippen LogP contribution in [0.5, 0.6) is 0 Å². The molecule has 0 spiro atoms. The lowest BCUT2D eigenvalue weighted by molar-refractivity contribution is -0.148. The van der Waals surface area contributed by atoms with Crippen LogP contribution in [0.1, 0.15) is 110 Å². The molecule has 0 rings (SSSR count). The fourth-order valence-electron chi connectivity index (χ4n) is 4.04. The first-order chi connectivity index (χ1) is 18.9. The average Bonchev–Trinajstić information content (AvgIpc) is 2.91. The molecule has 0 radical (unpaired) electrons. The van der Waals surface area contributed by atoms with E-state index in [4.69, 9.17) is 14.2 Å². The summed E-state index contributed by atoms with van der Waals surface area (Å²) in [5, 5.41) is 0. The van der Waals surface area contributed by atoms with Gasteiger partial charge in [-0.1, -0.05) is 103 Å². The molecular weight excluding hydrogens is 540 g/mol. The van der Waals surface area contributed by atoms with Crippen molar-refractivity contribution < 1.29 is 36.3 Å². The molecule has 0 fully saturated rings. The first-order valence-corrected chi connectivity index (χ1v) is 18.1. The van der Waals surface area contributed by atoms with Crippen molar-refractivity contribution in [3.63, 3.8) is 0 Å². The van der Waals surface area contributed by atoms with Crippen LogP contribution in [0.25, 0.3) is 0 Å². The van der Waals surface area contributed by atoms with Crippen LogP contribution in [0.4, 0.5) is 0 Å². The molecule has 0 amide bonds. The van der Waals surface area contributed by atoms with Crippen molar-refractivity contribution in [2.24, 2.45) is 0 Å². The van der Waals surface area contributed by atoms with E-state index in [1.165, 1.54) is 103 Å². The molecule has 1 unspecified atom stereocenters. The first-order valence-electron chi connectivity index (χ1n) is 15.1. The Labute approximate surface area is 244 Å². The van der Waals surface area contributed by atoms with Gasteiger partial charge in [-0.3, -0.25) is 4.18 Å². The molecule has 0 aliphatic rings. The number of ether oxygens (including phenoxy) is 4. The number of methoxy groups -OCH3 is 1. The molecule has 1 atom stereocenters. The highest BCUT2D eigenvalue weighted by Crippen LogP contribution is 2.14. The van der Waals surface area contributed by atoms with E-state index in [2.05, 4.69) is 15.8 Å². The van der Waals surface area contributed by atoms with Crippen molar-refractivity contribution >= 4 is 27.8 Å². The number of carbonyl (C=O) groups excluding carboxylic acids is 1. The highest BCUT2D eigenvalue weighted by molar-refractivity contribution is 7.99. The van der Waals surface area contributed by atoms with Gasteiger partial charge in [0.15, 0.2) is 0 Å². The SMILES string of the molecule is CCCCCCCCCCCCCCCCCCOCC(CSCCOCCOS(C)(=O)=O)OCC(=O)OC. The van der Waals surface area contributed by atoms with Crippen molar-refractivity contribution in [2.75, 3.05) is 64.5 Å². The van der Waals surface area contributed by atoms with E-state index in [0.29, 0.717) is 25.6 Å². The Bertz CT molecular complexity index is 631. The lowest BCUT2D eigenvalue weighted by Gasteiger charge is -2.17. The highest BCUT2D eigenvalue weighted by atomic mass is 32.2. The Balaban J connectivity index is 3.66. The number of esters is 1. The standard InChI is InChI=1S/C29H58O8S2/c1-4-5-6-7-8-9-10-11-12-13-14-15-16-17-18-19-20-35-25-28(36-26-29(30)33-2)27-38-24-23-34-21-22-37-39(3,31)32/h28H,4-27H2,1-3H3. The zero-order chi connectivity index (χ0) is 28.9. The van der Waals surface area contributed by atoms with Gasteiger partial charge >= 0.3 is 5.97 Å². The zero-order valence-corrected chi connectivity index (χ0v) is 26.8. The quantitative estimate of drug-likeness (QED) is 0.0500. The minimum Gasteiger partial charge on any atom is -0.467 e.